The van der Waals surface area contributed by atoms with Crippen molar-refractivity contribution in [3.05, 3.63) is 16.7 Å². The number of nitrogens with one attached hydrogen (secondary N) is 1. The van der Waals surface area contributed by atoms with E-state index in [9.17, 15) is 0 Å². The number of aromatic nitrogens is 2. The molecule has 1 fully saturated rings. The van der Waals surface area contributed by atoms with E-state index >= 15 is 0 Å². The average molecular weight is 283 g/mol. The summed E-state index contributed by atoms with van der Waals surface area (Å²) in [6, 6.07) is 2.49. The molecule has 3 rings (SSSR count). The predicted molar refractivity (Wildman–Crippen MR) is 76.6 cm³/mol. The first kappa shape index (κ1) is 12.1. The van der Waals surface area contributed by atoms with Crippen molar-refractivity contribution >= 4 is 39.0 Å². The molecule has 0 amide bonds. The second kappa shape index (κ2) is 4.99. The van der Waals surface area contributed by atoms with Gasteiger partial charge in [-0.2, -0.15) is 0 Å². The van der Waals surface area contributed by atoms with Gasteiger partial charge in [-0.05, 0) is 49.5 Å². The average Bonchev–Trinajstić information content (AvgIpc) is 2.77. The Morgan fingerprint density at radius 2 is 2.39 bits per heavy atom. The molecule has 0 aromatic carbocycles. The smallest absolute Gasteiger partial charge is 0.225 e. The van der Waals surface area contributed by atoms with E-state index in [0.717, 1.165) is 22.6 Å². The Labute approximate surface area is 115 Å². The van der Waals surface area contributed by atoms with Crippen LogP contribution in [0.3, 0.4) is 0 Å². The number of rotatable bonds is 2. The zero-order valence-electron chi connectivity index (χ0n) is 10.2. The maximum atomic E-state index is 5.96. The van der Waals surface area contributed by atoms with Crippen LogP contribution in [0.25, 0.3) is 10.2 Å². The van der Waals surface area contributed by atoms with Gasteiger partial charge in [0.15, 0.2) is 0 Å². The van der Waals surface area contributed by atoms with Crippen LogP contribution in [0.4, 0.5) is 5.82 Å². The van der Waals surface area contributed by atoms with Crippen molar-refractivity contribution in [2.45, 2.75) is 18.9 Å². The maximum absolute atomic E-state index is 5.96. The number of anilines is 1. The molecule has 2 aromatic rings. The molecule has 0 saturated carbocycles. The van der Waals surface area contributed by atoms with Crippen LogP contribution in [0.5, 0.6) is 0 Å². The van der Waals surface area contributed by atoms with Crippen LogP contribution in [-0.2, 0) is 0 Å². The normalized spacial score (nSPS) is 21.3. The van der Waals surface area contributed by atoms with Crippen LogP contribution in [0.2, 0.25) is 5.28 Å². The van der Waals surface area contributed by atoms with Crippen LogP contribution in [0, 0.1) is 0 Å². The summed E-state index contributed by atoms with van der Waals surface area (Å²) in [5.41, 5.74) is 0. The van der Waals surface area contributed by atoms with E-state index in [4.69, 9.17) is 11.6 Å². The number of hydrogen-bond acceptors (Lipinski definition) is 5. The number of hydrogen-bond donors (Lipinski definition) is 1. The standard InChI is InChI=1S/C12H15ClN4S/c1-17-5-2-3-8(7-17)14-10-9-4-6-18-11(9)16-12(13)15-10/h4,6,8H,2-3,5,7H2,1H3,(H,14,15,16). The van der Waals surface area contributed by atoms with Gasteiger partial charge in [0.05, 0.1) is 5.39 Å². The molecule has 6 heteroatoms. The number of fused-ring (bicyclic) bond motifs is 1. The van der Waals surface area contributed by atoms with Crippen LogP contribution in [-0.4, -0.2) is 41.0 Å². The summed E-state index contributed by atoms with van der Waals surface area (Å²) in [5.74, 6) is 0.867. The highest BCUT2D eigenvalue weighted by molar-refractivity contribution is 7.16. The highest BCUT2D eigenvalue weighted by atomic mass is 35.5. The van der Waals surface area contributed by atoms with Gasteiger partial charge in [-0.1, -0.05) is 0 Å². The van der Waals surface area contributed by atoms with Crippen LogP contribution in [0.15, 0.2) is 11.4 Å². The lowest BCUT2D eigenvalue weighted by molar-refractivity contribution is 0.261. The molecule has 0 spiro atoms. The fourth-order valence-corrected chi connectivity index (χ4v) is 3.40. The largest absolute Gasteiger partial charge is 0.365 e. The third-order valence-corrected chi connectivity index (χ3v) is 4.24. The summed E-state index contributed by atoms with van der Waals surface area (Å²) in [4.78, 5) is 11.8. The molecule has 0 radical (unpaired) electrons. The first-order valence-corrected chi connectivity index (χ1v) is 7.34. The molecule has 18 heavy (non-hydrogen) atoms. The number of thiophene rings is 1. The van der Waals surface area contributed by atoms with E-state index in [0.29, 0.717) is 11.3 Å². The van der Waals surface area contributed by atoms with E-state index in [2.05, 4.69) is 27.2 Å². The molecule has 1 saturated heterocycles. The van der Waals surface area contributed by atoms with Crippen LogP contribution >= 0.6 is 22.9 Å². The lowest BCUT2D eigenvalue weighted by atomic mass is 10.1. The van der Waals surface area contributed by atoms with E-state index in [1.54, 1.807) is 11.3 Å². The molecular weight excluding hydrogens is 268 g/mol. The van der Waals surface area contributed by atoms with Gasteiger partial charge in [0, 0.05) is 12.6 Å². The van der Waals surface area contributed by atoms with Gasteiger partial charge in [-0.15, -0.1) is 11.3 Å². The fourth-order valence-electron chi connectivity index (χ4n) is 2.42. The van der Waals surface area contributed by atoms with Gasteiger partial charge in [0.1, 0.15) is 10.6 Å². The van der Waals surface area contributed by atoms with Crippen LogP contribution < -0.4 is 5.32 Å². The van der Waals surface area contributed by atoms with Crippen LogP contribution in [0.1, 0.15) is 12.8 Å². The first-order chi connectivity index (χ1) is 8.72. The summed E-state index contributed by atoms with van der Waals surface area (Å²) in [6.45, 7) is 2.23. The molecule has 0 aliphatic carbocycles. The SMILES string of the molecule is CN1CCCC(Nc2nc(Cl)nc3sccc23)C1. The first-order valence-electron chi connectivity index (χ1n) is 6.08. The molecule has 1 aliphatic heterocycles. The molecule has 3 heterocycles. The highest BCUT2D eigenvalue weighted by Gasteiger charge is 2.18. The monoisotopic (exact) mass is 282 g/mol. The van der Waals surface area contributed by atoms with Gasteiger partial charge < -0.3 is 10.2 Å². The Hall–Kier alpha value is -0.910. The van der Waals surface area contributed by atoms with Crippen molar-refractivity contribution in [2.24, 2.45) is 0 Å². The van der Waals surface area contributed by atoms with Gasteiger partial charge >= 0.3 is 0 Å². The van der Waals surface area contributed by atoms with E-state index in [1.165, 1.54) is 19.4 Å². The Bertz CT molecular complexity index is 556. The topological polar surface area (TPSA) is 41.0 Å². The quantitative estimate of drug-likeness (QED) is 0.860. The summed E-state index contributed by atoms with van der Waals surface area (Å²) in [6.07, 6.45) is 2.40. The van der Waals surface area contributed by atoms with Crippen molar-refractivity contribution < 1.29 is 0 Å². The number of nitrogens with zero attached hydrogens (tertiary/aromatic N) is 3. The second-order valence-electron chi connectivity index (χ2n) is 4.73. The summed E-state index contributed by atoms with van der Waals surface area (Å²) in [5, 5.41) is 6.92. The maximum Gasteiger partial charge on any atom is 0.225 e. The van der Waals surface area contributed by atoms with E-state index < -0.39 is 0 Å². The molecule has 4 nitrogen and oxygen atoms in total. The zero-order chi connectivity index (χ0) is 12.5. The fraction of sp³-hybridized carbons (Fsp3) is 0.500. The Morgan fingerprint density at radius 3 is 3.22 bits per heavy atom. The molecule has 0 bridgehead atoms. The summed E-state index contributed by atoms with van der Waals surface area (Å²) >= 11 is 7.55. The number of likely N-dealkylation sites (tertiary alicyclic amines) is 1. The predicted octanol–water partition coefficient (Wildman–Crippen LogP) is 2.85. The summed E-state index contributed by atoms with van der Waals surface area (Å²) < 4.78 is 0. The number of piperidine rings is 1. The van der Waals surface area contributed by atoms with Crippen molar-refractivity contribution in [1.82, 2.24) is 14.9 Å². The highest BCUT2D eigenvalue weighted by Crippen LogP contribution is 2.27. The van der Waals surface area contributed by atoms with Gasteiger partial charge in [0.25, 0.3) is 0 Å². The molecule has 1 unspecified atom stereocenters. The molecule has 1 N–H and O–H groups in total. The summed E-state index contributed by atoms with van der Waals surface area (Å²) in [7, 11) is 2.15. The van der Waals surface area contributed by atoms with Gasteiger partial charge in [0.2, 0.25) is 5.28 Å². The Balaban J connectivity index is 1.87. The molecule has 1 aliphatic rings. The number of likely N-dealkylation sites (N-methyl/N-ethyl adjacent to an activating group) is 1. The Morgan fingerprint density at radius 1 is 1.50 bits per heavy atom. The van der Waals surface area contributed by atoms with E-state index in [-0.39, 0.29) is 0 Å². The molecule has 1 atom stereocenters. The lowest BCUT2D eigenvalue weighted by Crippen LogP contribution is -2.39. The third kappa shape index (κ3) is 2.43. The van der Waals surface area contributed by atoms with Crippen molar-refractivity contribution in [3.8, 4) is 0 Å². The van der Waals surface area contributed by atoms with Crippen molar-refractivity contribution in [3.63, 3.8) is 0 Å². The second-order valence-corrected chi connectivity index (χ2v) is 5.96. The molecular formula is C12H15ClN4S. The number of halogens is 1. The minimum absolute atomic E-state index is 0.316. The Kier molecular flexibility index (Phi) is 3.37. The van der Waals surface area contributed by atoms with E-state index in [1.807, 2.05) is 11.4 Å². The minimum Gasteiger partial charge on any atom is -0.365 e. The lowest BCUT2D eigenvalue weighted by Gasteiger charge is -2.30. The van der Waals surface area contributed by atoms with Crippen molar-refractivity contribution in [2.75, 3.05) is 25.5 Å². The zero-order valence-corrected chi connectivity index (χ0v) is 11.8. The third-order valence-electron chi connectivity index (χ3n) is 3.26. The molecule has 96 valence electrons. The molecule has 2 aromatic heterocycles. The minimum atomic E-state index is 0.316. The van der Waals surface area contributed by atoms with Gasteiger partial charge in [-0.25, -0.2) is 9.97 Å². The van der Waals surface area contributed by atoms with Gasteiger partial charge in [-0.3, -0.25) is 0 Å². The van der Waals surface area contributed by atoms with Crippen molar-refractivity contribution in [1.29, 1.82) is 0 Å².